The van der Waals surface area contributed by atoms with Crippen molar-refractivity contribution in [1.29, 1.82) is 0 Å². The molecule has 4 rings (SSSR count). The average Bonchev–Trinajstić information content (AvgIpc) is 2.78. The number of benzene rings is 3. The number of rotatable bonds is 5. The summed E-state index contributed by atoms with van der Waals surface area (Å²) in [6, 6.07) is 20.6. The van der Waals surface area contributed by atoms with Crippen molar-refractivity contribution >= 4 is 27.3 Å². The monoisotopic (exact) mass is 422 g/mol. The summed E-state index contributed by atoms with van der Waals surface area (Å²) >= 11 is 0. The van der Waals surface area contributed by atoms with E-state index in [1.165, 1.54) is 19.2 Å². The van der Waals surface area contributed by atoms with Crippen molar-refractivity contribution in [3.63, 3.8) is 0 Å². The Balaban J connectivity index is 1.63. The van der Waals surface area contributed by atoms with Gasteiger partial charge < -0.3 is 9.64 Å². The highest BCUT2D eigenvalue weighted by Gasteiger charge is 2.24. The molecule has 0 fully saturated rings. The number of carbonyl (C=O) groups is 1. The molecule has 7 heteroatoms. The number of nitrogens with zero attached hydrogens (tertiary/aromatic N) is 1. The summed E-state index contributed by atoms with van der Waals surface area (Å²) in [7, 11) is -2.24. The Morgan fingerprint density at radius 3 is 2.43 bits per heavy atom. The highest BCUT2D eigenvalue weighted by molar-refractivity contribution is 7.92. The molecular formula is C23H22N2O4S. The van der Waals surface area contributed by atoms with Gasteiger partial charge in [-0.05, 0) is 66.9 Å². The molecule has 0 bridgehead atoms. The summed E-state index contributed by atoms with van der Waals surface area (Å²) in [4.78, 5) is 14.9. The number of fused-ring (bicyclic) bond motifs is 1. The molecule has 154 valence electrons. The molecule has 3 aromatic carbocycles. The zero-order chi connectivity index (χ0) is 21.1. The summed E-state index contributed by atoms with van der Waals surface area (Å²) in [5, 5.41) is 0. The smallest absolute Gasteiger partial charge is 0.261 e. The van der Waals surface area contributed by atoms with Crippen LogP contribution < -0.4 is 14.4 Å². The molecule has 6 nitrogen and oxygen atoms in total. The van der Waals surface area contributed by atoms with Crippen LogP contribution in [-0.4, -0.2) is 28.0 Å². The minimum absolute atomic E-state index is 0.0910. The van der Waals surface area contributed by atoms with Crippen molar-refractivity contribution in [3.8, 4) is 5.75 Å². The Bertz CT molecular complexity index is 1160. The van der Waals surface area contributed by atoms with Gasteiger partial charge in [0.25, 0.3) is 15.9 Å². The maximum absolute atomic E-state index is 13.0. The van der Waals surface area contributed by atoms with Gasteiger partial charge >= 0.3 is 0 Å². The molecule has 0 saturated heterocycles. The van der Waals surface area contributed by atoms with E-state index in [2.05, 4.69) is 4.72 Å². The summed E-state index contributed by atoms with van der Waals surface area (Å²) in [5.41, 5.74) is 2.79. The second kappa shape index (κ2) is 8.20. The maximum Gasteiger partial charge on any atom is 0.261 e. The summed E-state index contributed by atoms with van der Waals surface area (Å²) in [6.07, 6.45) is 1.71. The fourth-order valence-corrected chi connectivity index (χ4v) is 4.60. The molecule has 1 N–H and O–H groups in total. The van der Waals surface area contributed by atoms with E-state index < -0.39 is 10.0 Å². The molecule has 0 unspecified atom stereocenters. The van der Waals surface area contributed by atoms with E-state index in [1.54, 1.807) is 41.3 Å². The number of methoxy groups -OCH3 is 1. The zero-order valence-corrected chi connectivity index (χ0v) is 17.4. The van der Waals surface area contributed by atoms with Gasteiger partial charge in [-0.2, -0.15) is 0 Å². The Labute approximate surface area is 176 Å². The zero-order valence-electron chi connectivity index (χ0n) is 16.5. The third kappa shape index (κ3) is 4.02. The second-order valence-electron chi connectivity index (χ2n) is 7.05. The summed E-state index contributed by atoms with van der Waals surface area (Å²) in [6.45, 7) is 0.593. The fraction of sp³-hybridized carbons (Fsp3) is 0.174. The number of amides is 1. The Kier molecular flexibility index (Phi) is 5.46. The topological polar surface area (TPSA) is 75.7 Å². The van der Waals surface area contributed by atoms with Gasteiger partial charge in [0.2, 0.25) is 0 Å². The Morgan fingerprint density at radius 2 is 1.73 bits per heavy atom. The van der Waals surface area contributed by atoms with Crippen molar-refractivity contribution in [1.82, 2.24) is 0 Å². The fourth-order valence-electron chi connectivity index (χ4n) is 3.55. The van der Waals surface area contributed by atoms with Gasteiger partial charge in [0.15, 0.2) is 0 Å². The number of anilines is 2. The predicted octanol–water partition coefficient (Wildman–Crippen LogP) is 4.09. The van der Waals surface area contributed by atoms with Crippen LogP contribution in [0.15, 0.2) is 77.7 Å². The summed E-state index contributed by atoms with van der Waals surface area (Å²) < 4.78 is 33.2. The van der Waals surface area contributed by atoms with Crippen molar-refractivity contribution in [2.75, 3.05) is 23.3 Å². The van der Waals surface area contributed by atoms with E-state index in [-0.39, 0.29) is 10.8 Å². The quantitative estimate of drug-likeness (QED) is 0.672. The maximum atomic E-state index is 13.0. The third-order valence-corrected chi connectivity index (χ3v) is 6.49. The van der Waals surface area contributed by atoms with Gasteiger partial charge in [0.05, 0.1) is 17.7 Å². The molecule has 0 saturated carbocycles. The lowest BCUT2D eigenvalue weighted by atomic mass is 10.00. The van der Waals surface area contributed by atoms with Crippen LogP contribution in [0.2, 0.25) is 0 Å². The van der Waals surface area contributed by atoms with Crippen molar-refractivity contribution in [3.05, 3.63) is 83.9 Å². The van der Waals surface area contributed by atoms with E-state index >= 15 is 0 Å². The standard InChI is InChI=1S/C23H22N2O4S/c1-29-20-11-13-21(14-12-20)30(27,28)24-19-10-9-17-8-5-15-25(22(17)16-19)23(26)18-6-3-2-4-7-18/h2-4,6-7,9-14,16,24H,5,8,15H2,1H3. The molecular weight excluding hydrogens is 400 g/mol. The molecule has 1 heterocycles. The molecule has 1 aliphatic rings. The van der Waals surface area contributed by atoms with Crippen molar-refractivity contribution < 1.29 is 17.9 Å². The number of ether oxygens (including phenoxy) is 1. The van der Waals surface area contributed by atoms with Crippen molar-refractivity contribution in [2.24, 2.45) is 0 Å². The second-order valence-corrected chi connectivity index (χ2v) is 8.73. The van der Waals surface area contributed by atoms with Crippen molar-refractivity contribution in [2.45, 2.75) is 17.7 Å². The number of nitrogens with one attached hydrogen (secondary N) is 1. The van der Waals surface area contributed by atoms with Gasteiger partial charge in [-0.15, -0.1) is 0 Å². The molecule has 0 aliphatic carbocycles. The predicted molar refractivity (Wildman–Crippen MR) is 117 cm³/mol. The average molecular weight is 423 g/mol. The molecule has 1 aliphatic heterocycles. The minimum atomic E-state index is -3.76. The molecule has 0 aromatic heterocycles. The summed E-state index contributed by atoms with van der Waals surface area (Å²) in [5.74, 6) is 0.490. The van der Waals surface area contributed by atoms with E-state index in [0.29, 0.717) is 23.5 Å². The lowest BCUT2D eigenvalue weighted by Crippen LogP contribution is -2.35. The number of hydrogen-bond donors (Lipinski definition) is 1. The third-order valence-electron chi connectivity index (χ3n) is 5.09. The number of aryl methyl sites for hydroxylation is 1. The van der Waals surface area contributed by atoms with Crippen LogP contribution in [0.25, 0.3) is 0 Å². The molecule has 0 atom stereocenters. The van der Waals surface area contributed by atoms with E-state index in [9.17, 15) is 13.2 Å². The largest absolute Gasteiger partial charge is 0.497 e. The SMILES string of the molecule is COc1ccc(S(=O)(=O)Nc2ccc3c(c2)N(C(=O)c2ccccc2)CCC3)cc1. The van der Waals surface area contributed by atoms with Crippen LogP contribution in [0.3, 0.4) is 0 Å². The molecule has 0 spiro atoms. The van der Waals surface area contributed by atoms with Gasteiger partial charge in [0, 0.05) is 17.8 Å². The van der Waals surface area contributed by atoms with Crippen LogP contribution in [0.1, 0.15) is 22.3 Å². The first-order valence-electron chi connectivity index (χ1n) is 9.65. The lowest BCUT2D eigenvalue weighted by Gasteiger charge is -2.30. The van der Waals surface area contributed by atoms with Gasteiger partial charge in [0.1, 0.15) is 5.75 Å². The minimum Gasteiger partial charge on any atom is -0.497 e. The van der Waals surface area contributed by atoms with E-state index in [4.69, 9.17) is 4.74 Å². The van der Waals surface area contributed by atoms with E-state index in [1.807, 2.05) is 24.3 Å². The first-order chi connectivity index (χ1) is 14.5. The molecule has 30 heavy (non-hydrogen) atoms. The number of carbonyl (C=O) groups excluding carboxylic acids is 1. The lowest BCUT2D eigenvalue weighted by molar-refractivity contribution is 0.0985. The van der Waals surface area contributed by atoms with Gasteiger partial charge in [-0.3, -0.25) is 9.52 Å². The molecule has 3 aromatic rings. The molecule has 0 radical (unpaired) electrons. The van der Waals surface area contributed by atoms with Crippen LogP contribution >= 0.6 is 0 Å². The van der Waals surface area contributed by atoms with Gasteiger partial charge in [-0.1, -0.05) is 24.3 Å². The molecule has 1 amide bonds. The van der Waals surface area contributed by atoms with Crippen LogP contribution in [0, 0.1) is 0 Å². The highest BCUT2D eigenvalue weighted by atomic mass is 32.2. The van der Waals surface area contributed by atoms with Crippen LogP contribution in [0.4, 0.5) is 11.4 Å². The van der Waals surface area contributed by atoms with Crippen LogP contribution in [-0.2, 0) is 16.4 Å². The number of hydrogen-bond acceptors (Lipinski definition) is 4. The first-order valence-corrected chi connectivity index (χ1v) is 11.1. The van der Waals surface area contributed by atoms with Gasteiger partial charge in [-0.25, -0.2) is 8.42 Å². The normalized spacial score (nSPS) is 13.4. The van der Waals surface area contributed by atoms with E-state index in [0.717, 1.165) is 24.1 Å². The first kappa shape index (κ1) is 20.0. The Hall–Kier alpha value is -3.32. The Morgan fingerprint density at radius 1 is 1.00 bits per heavy atom. The number of sulfonamides is 1. The van der Waals surface area contributed by atoms with Crippen LogP contribution in [0.5, 0.6) is 5.75 Å². The highest BCUT2D eigenvalue weighted by Crippen LogP contribution is 2.32.